The van der Waals surface area contributed by atoms with E-state index in [0.717, 1.165) is 0 Å². The number of carbonyl (C=O) groups is 1. The van der Waals surface area contributed by atoms with E-state index < -0.39 is 17.6 Å². The summed E-state index contributed by atoms with van der Waals surface area (Å²) in [4.78, 5) is 13.4. The average Bonchev–Trinajstić information content (AvgIpc) is 2.69. The topological polar surface area (TPSA) is 34.1 Å². The molecule has 0 N–H and O–H groups in total. The molecule has 0 saturated heterocycles. The zero-order chi connectivity index (χ0) is 18.6. The predicted molar refractivity (Wildman–Crippen MR) is 115 cm³/mol. The maximum Gasteiger partial charge on any atom is 0.202 e. The normalized spacial score (nSPS) is 11.3. The first-order valence-electron chi connectivity index (χ1n) is 8.31. The molecule has 0 atom stereocenters. The van der Waals surface area contributed by atoms with Crippen molar-refractivity contribution in [2.75, 3.05) is 12.5 Å². The first kappa shape index (κ1) is 18.6. The van der Waals surface area contributed by atoms with Crippen LogP contribution in [0.5, 0.6) is 0 Å². The third-order valence-corrected chi connectivity index (χ3v) is 9.79. The van der Waals surface area contributed by atoms with Gasteiger partial charge in [0, 0.05) is 16.2 Å². The molecule has 0 radical (unpaired) electrons. The molecule has 0 heterocycles. The van der Waals surface area contributed by atoms with E-state index in [-0.39, 0.29) is 5.78 Å². The van der Waals surface area contributed by atoms with Crippen LogP contribution in [0.2, 0.25) is 0 Å². The van der Waals surface area contributed by atoms with Gasteiger partial charge >= 0.3 is 0 Å². The highest BCUT2D eigenvalue weighted by atomic mass is 32.2. The number of Topliss-reactive ketones (excluding diaryl/α,β-unsaturated/α-hetero) is 1. The molecule has 0 aliphatic heterocycles. The summed E-state index contributed by atoms with van der Waals surface area (Å²) in [7, 11) is -3.68. The first-order chi connectivity index (χ1) is 12.5. The summed E-state index contributed by atoms with van der Waals surface area (Å²) in [6.45, 7) is 0. The zero-order valence-corrected chi connectivity index (χ0v) is 16.5. The van der Waals surface area contributed by atoms with Crippen molar-refractivity contribution in [3.8, 4) is 0 Å². The van der Waals surface area contributed by atoms with E-state index in [1.54, 1.807) is 12.1 Å². The Balaban J connectivity index is 2.28. The molecule has 0 aliphatic rings. The van der Waals surface area contributed by atoms with Crippen LogP contribution in [0.25, 0.3) is 0 Å². The standard InChI is InChI=1S/C22H21O2PS/c1-26(2)22(21(23)18-12-6-3-7-13-18)25(24,19-14-8-4-9-15-19)20-16-10-5-11-17-20/h3-17H,1-2H3. The third-order valence-electron chi connectivity index (χ3n) is 4.14. The molecular formula is C22H21O2PS. The summed E-state index contributed by atoms with van der Waals surface area (Å²) < 4.78 is 15.0. The van der Waals surface area contributed by atoms with E-state index in [4.69, 9.17) is 0 Å². The van der Waals surface area contributed by atoms with Gasteiger partial charge in [-0.15, -0.1) is 0 Å². The quantitative estimate of drug-likeness (QED) is 0.370. The van der Waals surface area contributed by atoms with Crippen LogP contribution in [0.4, 0.5) is 0 Å². The van der Waals surface area contributed by atoms with Gasteiger partial charge in [0.15, 0.2) is 7.14 Å². The molecular weight excluding hydrogens is 359 g/mol. The number of benzene rings is 3. The maximum atomic E-state index is 14.5. The molecule has 0 spiro atoms. The Morgan fingerprint density at radius 3 is 1.46 bits per heavy atom. The summed E-state index contributed by atoms with van der Waals surface area (Å²) in [6, 6.07) is 27.9. The lowest BCUT2D eigenvalue weighted by atomic mass is 10.1. The van der Waals surface area contributed by atoms with Crippen molar-refractivity contribution >= 4 is 38.6 Å². The number of hydrogen-bond acceptors (Lipinski definition) is 2. The van der Waals surface area contributed by atoms with Gasteiger partial charge in [-0.3, -0.25) is 4.79 Å². The summed E-state index contributed by atoms with van der Waals surface area (Å²) in [5.41, 5.74) is 0.579. The second kappa shape index (κ2) is 7.99. The Kier molecular flexibility index (Phi) is 5.70. The highest BCUT2D eigenvalue weighted by Gasteiger charge is 2.37. The smallest absolute Gasteiger partial charge is 0.202 e. The monoisotopic (exact) mass is 380 g/mol. The van der Waals surface area contributed by atoms with Gasteiger partial charge in [0.2, 0.25) is 5.78 Å². The Morgan fingerprint density at radius 1 is 0.692 bits per heavy atom. The summed E-state index contributed by atoms with van der Waals surface area (Å²) >= 11 is 0. The molecule has 0 bridgehead atoms. The Morgan fingerprint density at radius 2 is 1.08 bits per heavy atom. The van der Waals surface area contributed by atoms with Gasteiger partial charge in [-0.2, -0.15) is 10.5 Å². The van der Waals surface area contributed by atoms with Crippen molar-refractivity contribution in [3.63, 3.8) is 0 Å². The highest BCUT2D eigenvalue weighted by molar-refractivity contribution is 8.27. The fourth-order valence-corrected chi connectivity index (χ4v) is 8.50. The summed E-state index contributed by atoms with van der Waals surface area (Å²) in [6.07, 6.45) is 3.93. The fourth-order valence-electron chi connectivity index (χ4n) is 2.96. The lowest BCUT2D eigenvalue weighted by Gasteiger charge is -2.23. The van der Waals surface area contributed by atoms with E-state index in [1.165, 1.54) is 0 Å². The van der Waals surface area contributed by atoms with Crippen molar-refractivity contribution in [2.24, 2.45) is 0 Å². The van der Waals surface area contributed by atoms with Gasteiger partial charge in [-0.25, -0.2) is 0 Å². The number of rotatable bonds is 5. The molecule has 0 unspecified atom stereocenters. The molecule has 4 heteroatoms. The van der Waals surface area contributed by atoms with Gasteiger partial charge in [0.05, 0.1) is 4.61 Å². The minimum Gasteiger partial charge on any atom is -0.308 e. The Labute approximate surface area is 157 Å². The van der Waals surface area contributed by atoms with Crippen LogP contribution in [-0.4, -0.2) is 22.9 Å². The van der Waals surface area contributed by atoms with E-state index >= 15 is 0 Å². The van der Waals surface area contributed by atoms with Crippen molar-refractivity contribution in [3.05, 3.63) is 96.6 Å². The lowest BCUT2D eigenvalue weighted by Crippen LogP contribution is -2.28. The molecule has 0 aliphatic carbocycles. The van der Waals surface area contributed by atoms with Crippen molar-refractivity contribution in [1.29, 1.82) is 0 Å². The highest BCUT2D eigenvalue weighted by Crippen LogP contribution is 2.48. The van der Waals surface area contributed by atoms with Gasteiger partial charge in [0.1, 0.15) is 0 Å². The van der Waals surface area contributed by atoms with Gasteiger partial charge in [-0.05, 0) is 12.5 Å². The maximum absolute atomic E-state index is 14.5. The van der Waals surface area contributed by atoms with Crippen molar-refractivity contribution in [1.82, 2.24) is 0 Å². The minimum absolute atomic E-state index is 0.130. The summed E-state index contributed by atoms with van der Waals surface area (Å²) in [5, 5.41) is 1.40. The van der Waals surface area contributed by atoms with Gasteiger partial charge < -0.3 is 4.57 Å². The molecule has 2 nitrogen and oxygen atoms in total. The van der Waals surface area contributed by atoms with Crippen molar-refractivity contribution < 1.29 is 9.36 Å². The molecule has 3 aromatic rings. The van der Waals surface area contributed by atoms with E-state index in [2.05, 4.69) is 0 Å². The van der Waals surface area contributed by atoms with Crippen molar-refractivity contribution in [2.45, 2.75) is 0 Å². The van der Waals surface area contributed by atoms with Crippen LogP contribution >= 0.6 is 17.6 Å². The molecule has 0 fully saturated rings. The summed E-state index contributed by atoms with van der Waals surface area (Å²) in [5.74, 6) is -0.130. The molecule has 3 rings (SSSR count). The number of ketones is 1. The number of hydrogen-bond donors (Lipinski definition) is 0. The molecule has 3 aromatic carbocycles. The van der Waals surface area contributed by atoms with Crippen LogP contribution in [0.1, 0.15) is 10.4 Å². The Hall–Kier alpha value is -2.22. The van der Waals surface area contributed by atoms with Crippen LogP contribution in [0.15, 0.2) is 91.0 Å². The average molecular weight is 380 g/mol. The second-order valence-corrected chi connectivity index (χ2v) is 11.1. The van der Waals surface area contributed by atoms with Gasteiger partial charge in [0.25, 0.3) is 0 Å². The molecule has 0 saturated carbocycles. The molecule has 0 amide bonds. The van der Waals surface area contributed by atoms with Crippen LogP contribution in [0, 0.1) is 0 Å². The zero-order valence-electron chi connectivity index (χ0n) is 14.8. The predicted octanol–water partition coefficient (Wildman–Crippen LogP) is 4.54. The molecule has 26 heavy (non-hydrogen) atoms. The van der Waals surface area contributed by atoms with E-state index in [1.807, 2.05) is 91.4 Å². The van der Waals surface area contributed by atoms with Gasteiger partial charge in [-0.1, -0.05) is 91.0 Å². The first-order valence-corrected chi connectivity index (χ1v) is 12.1. The second-order valence-electron chi connectivity index (χ2n) is 6.10. The SMILES string of the molecule is CS(C)=C(C(=O)c1ccccc1)P(=O)(c1ccccc1)c1ccccc1. The minimum atomic E-state index is -3.23. The van der Waals surface area contributed by atoms with E-state index in [9.17, 15) is 9.36 Å². The molecule has 132 valence electrons. The third kappa shape index (κ3) is 3.51. The number of carbonyl (C=O) groups excluding carboxylic acids is 1. The lowest BCUT2D eigenvalue weighted by molar-refractivity contribution is 0.107. The van der Waals surface area contributed by atoms with E-state index in [0.29, 0.717) is 20.8 Å². The van der Waals surface area contributed by atoms with Crippen LogP contribution in [0.3, 0.4) is 0 Å². The molecule has 0 aromatic heterocycles. The fraction of sp³-hybridized carbons (Fsp3) is 0.0909. The van der Waals surface area contributed by atoms with Crippen LogP contribution in [-0.2, 0) is 4.57 Å². The largest absolute Gasteiger partial charge is 0.308 e. The Bertz CT molecular complexity index is 933. The van der Waals surface area contributed by atoms with Crippen LogP contribution < -0.4 is 10.6 Å².